The van der Waals surface area contributed by atoms with E-state index >= 15 is 0 Å². The van der Waals surface area contributed by atoms with Crippen molar-refractivity contribution in [1.29, 1.82) is 0 Å². The molecule has 0 saturated carbocycles. The van der Waals surface area contributed by atoms with E-state index in [1.165, 1.54) is 0 Å². The first-order valence-corrected chi connectivity index (χ1v) is 7.01. The van der Waals surface area contributed by atoms with Crippen LogP contribution in [0.5, 0.6) is 11.5 Å². The lowest BCUT2D eigenvalue weighted by Gasteiger charge is -2.15. The van der Waals surface area contributed by atoms with Gasteiger partial charge < -0.3 is 19.9 Å². The molecular weight excluding hydrogens is 242 g/mol. The summed E-state index contributed by atoms with van der Waals surface area (Å²) in [6, 6.07) is 7.55. The Bertz CT molecular complexity index is 344. The predicted molar refractivity (Wildman–Crippen MR) is 76.9 cm³/mol. The Kier molecular flexibility index (Phi) is 8.02. The lowest BCUT2D eigenvalue weighted by molar-refractivity contribution is 0.104. The molecule has 0 bridgehead atoms. The molecule has 0 fully saturated rings. The van der Waals surface area contributed by atoms with Gasteiger partial charge in [-0.25, -0.2) is 0 Å². The number of nitrogens with one attached hydrogen (secondary N) is 1. The largest absolute Gasteiger partial charge is 0.490 e. The number of hydrogen-bond acceptors (Lipinski definition) is 4. The van der Waals surface area contributed by atoms with Crippen molar-refractivity contribution in [2.24, 2.45) is 0 Å². The van der Waals surface area contributed by atoms with Crippen molar-refractivity contribution in [2.75, 3.05) is 26.3 Å². The van der Waals surface area contributed by atoms with Gasteiger partial charge in [-0.05, 0) is 31.5 Å². The number of para-hydroxylation sites is 2. The van der Waals surface area contributed by atoms with Gasteiger partial charge in [0.05, 0.1) is 6.61 Å². The summed E-state index contributed by atoms with van der Waals surface area (Å²) in [7, 11) is 0. The molecule has 0 heterocycles. The Labute approximate surface area is 115 Å². The van der Waals surface area contributed by atoms with Gasteiger partial charge in [-0.2, -0.15) is 0 Å². The second-order valence-electron chi connectivity index (χ2n) is 4.46. The fourth-order valence-corrected chi connectivity index (χ4v) is 1.59. The van der Waals surface area contributed by atoms with Crippen LogP contribution in [-0.4, -0.2) is 37.5 Å². The van der Waals surface area contributed by atoms with Crippen molar-refractivity contribution in [3.05, 3.63) is 24.3 Å². The van der Waals surface area contributed by atoms with Gasteiger partial charge in [-0.15, -0.1) is 0 Å². The van der Waals surface area contributed by atoms with Crippen LogP contribution in [0.4, 0.5) is 0 Å². The molecule has 1 aromatic carbocycles. The highest BCUT2D eigenvalue weighted by molar-refractivity contribution is 5.39. The van der Waals surface area contributed by atoms with E-state index < -0.39 is 6.10 Å². The number of hydrogen-bond donors (Lipinski definition) is 2. The van der Waals surface area contributed by atoms with Crippen LogP contribution >= 0.6 is 0 Å². The van der Waals surface area contributed by atoms with E-state index in [2.05, 4.69) is 19.2 Å². The molecule has 0 amide bonds. The van der Waals surface area contributed by atoms with Crippen LogP contribution in [-0.2, 0) is 0 Å². The van der Waals surface area contributed by atoms with E-state index in [-0.39, 0.29) is 6.61 Å². The normalized spacial score (nSPS) is 12.2. The summed E-state index contributed by atoms with van der Waals surface area (Å²) in [4.78, 5) is 0. The Hall–Kier alpha value is -1.26. The van der Waals surface area contributed by atoms with Crippen LogP contribution in [0.3, 0.4) is 0 Å². The summed E-state index contributed by atoms with van der Waals surface area (Å²) in [6.07, 6.45) is 1.50. The molecule has 4 heteroatoms. The Balaban J connectivity index is 2.39. The summed E-state index contributed by atoms with van der Waals surface area (Å²) < 4.78 is 11.2. The Morgan fingerprint density at radius 2 is 1.79 bits per heavy atom. The van der Waals surface area contributed by atoms with Crippen LogP contribution in [0.2, 0.25) is 0 Å². The van der Waals surface area contributed by atoms with Gasteiger partial charge in [0, 0.05) is 6.54 Å². The lowest BCUT2D eigenvalue weighted by atomic mass is 10.3. The summed E-state index contributed by atoms with van der Waals surface area (Å²) in [5, 5.41) is 12.9. The SMILES string of the molecule is CCCNCC(O)COc1ccccc1OCCC. The smallest absolute Gasteiger partial charge is 0.161 e. The summed E-state index contributed by atoms with van der Waals surface area (Å²) in [5.74, 6) is 1.42. The average molecular weight is 267 g/mol. The number of rotatable bonds is 10. The highest BCUT2D eigenvalue weighted by Gasteiger charge is 2.08. The maximum Gasteiger partial charge on any atom is 0.161 e. The number of aliphatic hydroxyl groups excluding tert-OH is 1. The predicted octanol–water partition coefficient (Wildman–Crippen LogP) is 2.21. The molecule has 1 atom stereocenters. The molecule has 1 aromatic rings. The topological polar surface area (TPSA) is 50.7 Å². The molecule has 0 aliphatic rings. The minimum atomic E-state index is -0.509. The van der Waals surface area contributed by atoms with Crippen LogP contribution in [0.1, 0.15) is 26.7 Å². The molecule has 1 rings (SSSR count). The van der Waals surface area contributed by atoms with Gasteiger partial charge >= 0.3 is 0 Å². The first kappa shape index (κ1) is 15.8. The molecule has 19 heavy (non-hydrogen) atoms. The van der Waals surface area contributed by atoms with E-state index in [9.17, 15) is 5.11 Å². The quantitative estimate of drug-likeness (QED) is 0.638. The minimum absolute atomic E-state index is 0.267. The maximum absolute atomic E-state index is 9.78. The molecular formula is C15H25NO3. The van der Waals surface area contributed by atoms with Crippen LogP contribution in [0, 0.1) is 0 Å². The first-order valence-electron chi connectivity index (χ1n) is 7.01. The van der Waals surface area contributed by atoms with Crippen molar-refractivity contribution in [2.45, 2.75) is 32.8 Å². The fourth-order valence-electron chi connectivity index (χ4n) is 1.59. The van der Waals surface area contributed by atoms with Crippen LogP contribution in [0.25, 0.3) is 0 Å². The van der Waals surface area contributed by atoms with Crippen LogP contribution < -0.4 is 14.8 Å². The van der Waals surface area contributed by atoms with Gasteiger partial charge in [0.15, 0.2) is 11.5 Å². The molecule has 2 N–H and O–H groups in total. The van der Waals surface area contributed by atoms with Gasteiger partial charge in [-0.3, -0.25) is 0 Å². The van der Waals surface area contributed by atoms with Crippen molar-refractivity contribution >= 4 is 0 Å². The van der Waals surface area contributed by atoms with E-state index in [0.717, 1.165) is 25.1 Å². The third-order valence-electron chi connectivity index (χ3n) is 2.55. The standard InChI is InChI=1S/C15H25NO3/c1-3-9-16-11-13(17)12-19-15-8-6-5-7-14(15)18-10-4-2/h5-8,13,16-17H,3-4,9-12H2,1-2H3. The zero-order chi connectivity index (χ0) is 13.9. The third-order valence-corrected chi connectivity index (χ3v) is 2.55. The molecule has 4 nitrogen and oxygen atoms in total. The second-order valence-corrected chi connectivity index (χ2v) is 4.46. The number of aliphatic hydroxyl groups is 1. The highest BCUT2D eigenvalue weighted by atomic mass is 16.5. The monoisotopic (exact) mass is 267 g/mol. The zero-order valence-corrected chi connectivity index (χ0v) is 11.9. The van der Waals surface area contributed by atoms with Gasteiger partial charge in [0.25, 0.3) is 0 Å². The van der Waals surface area contributed by atoms with E-state index in [1.54, 1.807) is 0 Å². The Morgan fingerprint density at radius 3 is 2.42 bits per heavy atom. The molecule has 0 spiro atoms. The van der Waals surface area contributed by atoms with Crippen molar-refractivity contribution in [3.63, 3.8) is 0 Å². The third kappa shape index (κ3) is 6.45. The fraction of sp³-hybridized carbons (Fsp3) is 0.600. The maximum atomic E-state index is 9.78. The van der Waals surface area contributed by atoms with E-state index in [1.807, 2.05) is 24.3 Å². The molecule has 0 saturated heterocycles. The molecule has 108 valence electrons. The van der Waals surface area contributed by atoms with Gasteiger partial charge in [0.1, 0.15) is 12.7 Å². The second kappa shape index (κ2) is 9.64. The first-order chi connectivity index (χ1) is 9.27. The highest BCUT2D eigenvalue weighted by Crippen LogP contribution is 2.26. The summed E-state index contributed by atoms with van der Waals surface area (Å²) >= 11 is 0. The zero-order valence-electron chi connectivity index (χ0n) is 11.9. The average Bonchev–Trinajstić information content (AvgIpc) is 2.44. The molecule has 0 radical (unpaired) electrons. The molecule has 1 unspecified atom stereocenters. The summed E-state index contributed by atoms with van der Waals surface area (Å²) in [6.45, 7) is 6.55. The van der Waals surface area contributed by atoms with Gasteiger partial charge in [0.2, 0.25) is 0 Å². The molecule has 0 aliphatic heterocycles. The Morgan fingerprint density at radius 1 is 1.11 bits per heavy atom. The van der Waals surface area contributed by atoms with E-state index in [4.69, 9.17) is 9.47 Å². The van der Waals surface area contributed by atoms with Crippen molar-refractivity contribution in [1.82, 2.24) is 5.32 Å². The van der Waals surface area contributed by atoms with E-state index in [0.29, 0.717) is 18.9 Å². The summed E-state index contributed by atoms with van der Waals surface area (Å²) in [5.41, 5.74) is 0. The number of benzene rings is 1. The molecule has 0 aliphatic carbocycles. The minimum Gasteiger partial charge on any atom is -0.490 e. The van der Waals surface area contributed by atoms with Crippen molar-refractivity contribution < 1.29 is 14.6 Å². The van der Waals surface area contributed by atoms with Gasteiger partial charge in [-0.1, -0.05) is 26.0 Å². The van der Waals surface area contributed by atoms with Crippen molar-refractivity contribution in [3.8, 4) is 11.5 Å². The molecule has 0 aromatic heterocycles. The lowest BCUT2D eigenvalue weighted by Crippen LogP contribution is -2.31. The number of ether oxygens (including phenoxy) is 2. The van der Waals surface area contributed by atoms with Crippen LogP contribution in [0.15, 0.2) is 24.3 Å².